The van der Waals surface area contributed by atoms with E-state index in [4.69, 9.17) is 11.6 Å². The zero-order valence-corrected chi connectivity index (χ0v) is 13.8. The average molecular weight is 324 g/mol. The van der Waals surface area contributed by atoms with Crippen LogP contribution in [0.3, 0.4) is 0 Å². The Labute approximate surface area is 141 Å². The third kappa shape index (κ3) is 3.22. The molecule has 3 rings (SSSR count). The van der Waals surface area contributed by atoms with Gasteiger partial charge in [-0.25, -0.2) is 0 Å². The maximum Gasteiger partial charge on any atom is 0.255 e. The minimum absolute atomic E-state index is 0.0475. The van der Waals surface area contributed by atoms with Gasteiger partial charge in [0.25, 0.3) is 5.91 Å². The normalized spacial score (nSPS) is 14.5. The lowest BCUT2D eigenvalue weighted by Crippen LogP contribution is -2.26. The van der Waals surface area contributed by atoms with Crippen LogP contribution in [0.5, 0.6) is 0 Å². The molecule has 2 nitrogen and oxygen atoms in total. The van der Waals surface area contributed by atoms with Gasteiger partial charge >= 0.3 is 0 Å². The Morgan fingerprint density at radius 2 is 1.78 bits per heavy atom. The molecule has 23 heavy (non-hydrogen) atoms. The topological polar surface area (TPSA) is 20.3 Å². The SMILES string of the molecule is C=C(C1=C(C)CN(Cc2ccccc2)C1=O)c1ccc(Cl)cc1. The molecule has 2 aromatic rings. The van der Waals surface area contributed by atoms with E-state index in [0.29, 0.717) is 18.1 Å². The molecule has 0 aliphatic carbocycles. The molecule has 0 bridgehead atoms. The number of hydrogen-bond acceptors (Lipinski definition) is 1. The lowest BCUT2D eigenvalue weighted by molar-refractivity contribution is -0.125. The van der Waals surface area contributed by atoms with Crippen LogP contribution < -0.4 is 0 Å². The quantitative estimate of drug-likeness (QED) is 0.797. The van der Waals surface area contributed by atoms with Crippen LogP contribution >= 0.6 is 11.6 Å². The molecule has 0 aromatic heterocycles. The molecule has 1 amide bonds. The van der Waals surface area contributed by atoms with E-state index >= 15 is 0 Å². The van der Waals surface area contributed by atoms with Crippen molar-refractivity contribution in [2.45, 2.75) is 13.5 Å². The molecular formula is C20H18ClNO. The van der Waals surface area contributed by atoms with Crippen molar-refractivity contribution in [1.29, 1.82) is 0 Å². The summed E-state index contributed by atoms with van der Waals surface area (Å²) < 4.78 is 0. The van der Waals surface area contributed by atoms with Crippen LogP contribution in [0.15, 0.2) is 72.3 Å². The first-order valence-corrected chi connectivity index (χ1v) is 7.92. The van der Waals surface area contributed by atoms with Gasteiger partial charge in [-0.2, -0.15) is 0 Å². The van der Waals surface area contributed by atoms with Crippen LogP contribution in [0.1, 0.15) is 18.1 Å². The molecule has 3 heteroatoms. The number of nitrogens with zero attached hydrogens (tertiary/aromatic N) is 1. The Hall–Kier alpha value is -2.32. The van der Waals surface area contributed by atoms with Crippen molar-refractivity contribution in [2.24, 2.45) is 0 Å². The molecule has 1 aliphatic rings. The highest BCUT2D eigenvalue weighted by Crippen LogP contribution is 2.31. The fourth-order valence-electron chi connectivity index (χ4n) is 2.89. The predicted octanol–water partition coefficient (Wildman–Crippen LogP) is 4.71. The van der Waals surface area contributed by atoms with Gasteiger partial charge in [-0.3, -0.25) is 4.79 Å². The summed E-state index contributed by atoms with van der Waals surface area (Å²) >= 11 is 5.93. The summed E-state index contributed by atoms with van der Waals surface area (Å²) in [6.45, 7) is 7.40. The Morgan fingerprint density at radius 3 is 2.43 bits per heavy atom. The van der Waals surface area contributed by atoms with Crippen molar-refractivity contribution >= 4 is 23.1 Å². The maximum atomic E-state index is 12.8. The molecule has 0 unspecified atom stereocenters. The minimum Gasteiger partial charge on any atom is -0.330 e. The summed E-state index contributed by atoms with van der Waals surface area (Å²) in [5.74, 6) is 0.0475. The van der Waals surface area contributed by atoms with Crippen molar-refractivity contribution in [3.63, 3.8) is 0 Å². The maximum absolute atomic E-state index is 12.8. The summed E-state index contributed by atoms with van der Waals surface area (Å²) in [5.41, 5.74) is 4.61. The fraction of sp³-hybridized carbons (Fsp3) is 0.150. The smallest absolute Gasteiger partial charge is 0.255 e. The zero-order valence-electron chi connectivity index (χ0n) is 13.1. The highest BCUT2D eigenvalue weighted by Gasteiger charge is 2.29. The summed E-state index contributed by atoms with van der Waals surface area (Å²) in [6, 6.07) is 17.5. The van der Waals surface area contributed by atoms with E-state index in [2.05, 4.69) is 6.58 Å². The van der Waals surface area contributed by atoms with Crippen molar-refractivity contribution in [2.75, 3.05) is 6.54 Å². The van der Waals surface area contributed by atoms with Gasteiger partial charge in [0.1, 0.15) is 0 Å². The largest absolute Gasteiger partial charge is 0.330 e. The van der Waals surface area contributed by atoms with Crippen LogP contribution in [-0.4, -0.2) is 17.4 Å². The summed E-state index contributed by atoms with van der Waals surface area (Å²) in [5, 5.41) is 0.677. The summed E-state index contributed by atoms with van der Waals surface area (Å²) in [6.07, 6.45) is 0. The summed E-state index contributed by atoms with van der Waals surface area (Å²) in [7, 11) is 0. The number of rotatable bonds is 4. The molecule has 0 fully saturated rings. The Kier molecular flexibility index (Phi) is 4.35. The van der Waals surface area contributed by atoms with Gasteiger partial charge in [0, 0.05) is 23.7 Å². The third-order valence-electron chi connectivity index (χ3n) is 4.07. The molecule has 2 aromatic carbocycles. The lowest BCUT2D eigenvalue weighted by atomic mass is 9.97. The van der Waals surface area contributed by atoms with Crippen molar-refractivity contribution < 1.29 is 4.79 Å². The van der Waals surface area contributed by atoms with Crippen LogP contribution in [0, 0.1) is 0 Å². The van der Waals surface area contributed by atoms with Gasteiger partial charge in [-0.1, -0.05) is 60.6 Å². The molecule has 0 radical (unpaired) electrons. The number of carbonyl (C=O) groups is 1. The van der Waals surface area contributed by atoms with Crippen molar-refractivity contribution in [3.8, 4) is 0 Å². The number of carbonyl (C=O) groups excluding carboxylic acids is 1. The van der Waals surface area contributed by atoms with Gasteiger partial charge in [0.05, 0.1) is 0 Å². The second-order valence-electron chi connectivity index (χ2n) is 5.79. The van der Waals surface area contributed by atoms with E-state index in [9.17, 15) is 4.79 Å². The van der Waals surface area contributed by atoms with Gasteiger partial charge in [0.15, 0.2) is 0 Å². The number of halogens is 1. The van der Waals surface area contributed by atoms with Crippen LogP contribution in [0.25, 0.3) is 5.57 Å². The van der Waals surface area contributed by atoms with E-state index < -0.39 is 0 Å². The van der Waals surface area contributed by atoms with Crippen LogP contribution in [0.4, 0.5) is 0 Å². The van der Waals surface area contributed by atoms with E-state index in [0.717, 1.165) is 27.8 Å². The van der Waals surface area contributed by atoms with Gasteiger partial charge in [-0.05, 0) is 41.3 Å². The molecule has 1 heterocycles. The first-order valence-electron chi connectivity index (χ1n) is 7.54. The molecule has 0 N–H and O–H groups in total. The number of amides is 1. The van der Waals surface area contributed by atoms with E-state index in [1.807, 2.05) is 66.4 Å². The van der Waals surface area contributed by atoms with Gasteiger partial charge in [-0.15, -0.1) is 0 Å². The Balaban J connectivity index is 1.80. The highest BCUT2D eigenvalue weighted by atomic mass is 35.5. The third-order valence-corrected chi connectivity index (χ3v) is 4.32. The standard InChI is InChI=1S/C20H18ClNO/c1-14-12-22(13-16-6-4-3-5-7-16)20(23)19(14)15(2)17-8-10-18(21)11-9-17/h3-11H,2,12-13H2,1H3. The Morgan fingerprint density at radius 1 is 1.13 bits per heavy atom. The molecule has 1 aliphatic heterocycles. The van der Waals surface area contributed by atoms with Gasteiger partial charge in [0.2, 0.25) is 0 Å². The first kappa shape index (κ1) is 15.6. The lowest BCUT2D eigenvalue weighted by Gasteiger charge is -2.17. The second-order valence-corrected chi connectivity index (χ2v) is 6.22. The highest BCUT2D eigenvalue weighted by molar-refractivity contribution is 6.30. The fourth-order valence-corrected chi connectivity index (χ4v) is 3.02. The van der Waals surface area contributed by atoms with Crippen molar-refractivity contribution in [1.82, 2.24) is 4.90 Å². The van der Waals surface area contributed by atoms with Crippen molar-refractivity contribution in [3.05, 3.63) is 88.5 Å². The van der Waals surface area contributed by atoms with E-state index in [1.165, 1.54) is 0 Å². The molecule has 0 atom stereocenters. The zero-order chi connectivity index (χ0) is 16.4. The predicted molar refractivity (Wildman–Crippen MR) is 95.0 cm³/mol. The van der Waals surface area contributed by atoms with E-state index in [-0.39, 0.29) is 5.91 Å². The average Bonchev–Trinajstić information content (AvgIpc) is 2.82. The second kappa shape index (κ2) is 6.43. The Bertz CT molecular complexity index is 775. The van der Waals surface area contributed by atoms with Gasteiger partial charge < -0.3 is 4.90 Å². The molecule has 0 spiro atoms. The summed E-state index contributed by atoms with van der Waals surface area (Å²) in [4.78, 5) is 14.6. The van der Waals surface area contributed by atoms with Crippen LogP contribution in [-0.2, 0) is 11.3 Å². The van der Waals surface area contributed by atoms with E-state index in [1.54, 1.807) is 0 Å². The number of hydrogen-bond donors (Lipinski definition) is 0. The first-order chi connectivity index (χ1) is 11.1. The number of benzene rings is 2. The molecule has 116 valence electrons. The molecular weight excluding hydrogens is 306 g/mol. The monoisotopic (exact) mass is 323 g/mol. The molecule has 0 saturated carbocycles. The molecule has 0 saturated heterocycles. The van der Waals surface area contributed by atoms with Crippen LogP contribution in [0.2, 0.25) is 5.02 Å². The minimum atomic E-state index is 0.0475.